The van der Waals surface area contributed by atoms with Gasteiger partial charge in [-0.1, -0.05) is 13.8 Å². The smallest absolute Gasteiger partial charge is 0.266 e. The molecule has 8 nitrogen and oxygen atoms in total. The SMILES string of the molecule is Cc1c(C#N)c(N)cc2c1sc1c(C#N)c(N)n(-c3sc4c(c3C#N)CC(C)(C)CC4=O)c(=O)c12. The zero-order valence-corrected chi connectivity index (χ0v) is 20.7. The minimum absolute atomic E-state index is 0.0781. The third-order valence-corrected chi connectivity index (χ3v) is 9.07. The van der Waals surface area contributed by atoms with Crippen molar-refractivity contribution in [2.45, 2.75) is 33.6 Å². The van der Waals surface area contributed by atoms with Crippen molar-refractivity contribution >= 4 is 60.1 Å². The number of anilines is 2. The summed E-state index contributed by atoms with van der Waals surface area (Å²) in [7, 11) is 0. The van der Waals surface area contributed by atoms with Gasteiger partial charge in [0.2, 0.25) is 0 Å². The summed E-state index contributed by atoms with van der Waals surface area (Å²) in [6.45, 7) is 5.67. The van der Waals surface area contributed by atoms with Crippen molar-refractivity contribution in [3.8, 4) is 23.2 Å². The predicted octanol–water partition coefficient (Wildman–Crippen LogP) is 4.51. The molecule has 10 heteroatoms. The highest BCUT2D eigenvalue weighted by Gasteiger charge is 2.37. The second-order valence-corrected chi connectivity index (χ2v) is 11.4. The van der Waals surface area contributed by atoms with Gasteiger partial charge in [0.1, 0.15) is 34.6 Å². The fourth-order valence-electron chi connectivity index (χ4n) is 4.89. The van der Waals surface area contributed by atoms with Crippen LogP contribution in [0.2, 0.25) is 0 Å². The summed E-state index contributed by atoms with van der Waals surface area (Å²) in [6, 6.07) is 7.93. The average Bonchev–Trinajstić information content (AvgIpc) is 3.32. The quantitative estimate of drug-likeness (QED) is 0.365. The van der Waals surface area contributed by atoms with Crippen molar-refractivity contribution < 1.29 is 4.79 Å². The van der Waals surface area contributed by atoms with Crippen LogP contribution in [0.4, 0.5) is 11.5 Å². The van der Waals surface area contributed by atoms with Crippen molar-refractivity contribution in [3.05, 3.63) is 49.1 Å². The number of rotatable bonds is 1. The van der Waals surface area contributed by atoms with Crippen LogP contribution >= 0.6 is 22.7 Å². The second-order valence-electron chi connectivity index (χ2n) is 9.42. The molecule has 0 fully saturated rings. The summed E-state index contributed by atoms with van der Waals surface area (Å²) in [5.74, 6) is -0.171. The van der Waals surface area contributed by atoms with E-state index in [1.54, 1.807) is 13.0 Å². The number of fused-ring (bicyclic) bond motifs is 4. The number of aryl methyl sites for hydroxylation is 1. The minimum atomic E-state index is -0.506. The van der Waals surface area contributed by atoms with Gasteiger partial charge in [-0.15, -0.1) is 22.7 Å². The number of nitrogen functional groups attached to an aromatic ring is 2. The number of nitriles is 3. The van der Waals surface area contributed by atoms with Crippen LogP contribution in [0.25, 0.3) is 25.2 Å². The van der Waals surface area contributed by atoms with E-state index in [2.05, 4.69) is 18.2 Å². The Labute approximate surface area is 207 Å². The Morgan fingerprint density at radius 1 is 0.971 bits per heavy atom. The third-order valence-electron chi connectivity index (χ3n) is 6.46. The Morgan fingerprint density at radius 2 is 1.63 bits per heavy atom. The van der Waals surface area contributed by atoms with Crippen LogP contribution in [0, 0.1) is 46.3 Å². The molecule has 172 valence electrons. The maximum Gasteiger partial charge on any atom is 0.266 e. The molecule has 0 atom stereocenters. The molecule has 0 radical (unpaired) electrons. The Kier molecular flexibility index (Phi) is 4.79. The number of aromatic nitrogens is 1. The number of carbonyl (C=O) groups excluding carboxylic acids is 1. The summed E-state index contributed by atoms with van der Waals surface area (Å²) in [5.41, 5.74) is 13.8. The molecular weight excluding hydrogens is 480 g/mol. The summed E-state index contributed by atoms with van der Waals surface area (Å²) in [4.78, 5) is 27.3. The number of hydrogen-bond acceptors (Lipinski definition) is 9. The van der Waals surface area contributed by atoms with Crippen molar-refractivity contribution in [2.24, 2.45) is 5.41 Å². The van der Waals surface area contributed by atoms with Crippen LogP contribution < -0.4 is 17.0 Å². The van der Waals surface area contributed by atoms with E-state index in [0.717, 1.165) is 11.3 Å². The molecule has 0 amide bonds. The molecule has 0 saturated carbocycles. The van der Waals surface area contributed by atoms with Gasteiger partial charge in [0.05, 0.1) is 31.8 Å². The average molecular weight is 499 g/mol. The highest BCUT2D eigenvalue weighted by atomic mass is 32.1. The van der Waals surface area contributed by atoms with Crippen molar-refractivity contribution in [3.63, 3.8) is 0 Å². The van der Waals surface area contributed by atoms with Crippen LogP contribution in [0.3, 0.4) is 0 Å². The number of benzene rings is 1. The van der Waals surface area contributed by atoms with Crippen molar-refractivity contribution in [2.75, 3.05) is 11.5 Å². The molecule has 1 aromatic carbocycles. The Bertz CT molecular complexity index is 1830. The molecule has 0 saturated heterocycles. The number of Topliss-reactive ketones (excluding diaryl/α,β-unsaturated/α-hetero) is 1. The van der Waals surface area contributed by atoms with E-state index < -0.39 is 5.56 Å². The zero-order valence-electron chi connectivity index (χ0n) is 19.1. The molecule has 1 aliphatic carbocycles. The lowest BCUT2D eigenvalue weighted by molar-refractivity contribution is 0.0917. The zero-order chi connectivity index (χ0) is 25.4. The Morgan fingerprint density at radius 3 is 2.26 bits per heavy atom. The van der Waals surface area contributed by atoms with Crippen LogP contribution in [0.1, 0.15) is 57.8 Å². The van der Waals surface area contributed by atoms with Gasteiger partial charge < -0.3 is 11.5 Å². The lowest BCUT2D eigenvalue weighted by Gasteiger charge is -2.28. The van der Waals surface area contributed by atoms with Crippen LogP contribution in [0.15, 0.2) is 10.9 Å². The number of carbonyl (C=O) groups is 1. The molecule has 0 spiro atoms. The Hall–Kier alpha value is -4.17. The van der Waals surface area contributed by atoms with Crippen molar-refractivity contribution in [1.29, 1.82) is 15.8 Å². The van der Waals surface area contributed by atoms with Gasteiger partial charge in [0, 0.05) is 16.5 Å². The van der Waals surface area contributed by atoms with Gasteiger partial charge in [-0.05, 0) is 36.0 Å². The lowest BCUT2D eigenvalue weighted by atomic mass is 9.75. The molecule has 0 bridgehead atoms. The van der Waals surface area contributed by atoms with Gasteiger partial charge >= 0.3 is 0 Å². The van der Waals surface area contributed by atoms with Crippen molar-refractivity contribution in [1.82, 2.24) is 4.57 Å². The fourth-order valence-corrected chi connectivity index (χ4v) is 7.39. The first-order chi connectivity index (χ1) is 16.5. The maximum absolute atomic E-state index is 13.9. The number of hydrogen-bond donors (Lipinski definition) is 2. The molecule has 1 aliphatic rings. The number of thiophene rings is 2. The first kappa shape index (κ1) is 22.6. The van der Waals surface area contributed by atoms with Crippen LogP contribution in [-0.4, -0.2) is 10.4 Å². The van der Waals surface area contributed by atoms with Gasteiger partial charge in [0.15, 0.2) is 5.78 Å². The van der Waals surface area contributed by atoms with Gasteiger partial charge in [-0.3, -0.25) is 14.2 Å². The summed E-state index contributed by atoms with van der Waals surface area (Å²) in [6.07, 6.45) is 0.857. The molecule has 0 unspecified atom stereocenters. The molecule has 0 aliphatic heterocycles. The normalized spacial score (nSPS) is 14.5. The highest BCUT2D eigenvalue weighted by molar-refractivity contribution is 7.26. The largest absolute Gasteiger partial charge is 0.398 e. The molecule has 35 heavy (non-hydrogen) atoms. The molecule has 4 aromatic rings. The molecule has 5 rings (SSSR count). The number of pyridine rings is 1. The summed E-state index contributed by atoms with van der Waals surface area (Å²) >= 11 is 2.27. The van der Waals surface area contributed by atoms with E-state index in [9.17, 15) is 25.4 Å². The van der Waals surface area contributed by atoms with E-state index in [1.165, 1.54) is 15.9 Å². The molecule has 4 N–H and O–H groups in total. The maximum atomic E-state index is 13.9. The topological polar surface area (TPSA) is 162 Å². The van der Waals surface area contributed by atoms with Gasteiger partial charge in [-0.25, -0.2) is 0 Å². The van der Waals surface area contributed by atoms with E-state index in [4.69, 9.17) is 11.5 Å². The predicted molar refractivity (Wildman–Crippen MR) is 137 cm³/mol. The van der Waals surface area contributed by atoms with Crippen LogP contribution in [0.5, 0.6) is 0 Å². The van der Waals surface area contributed by atoms with Gasteiger partial charge in [0.25, 0.3) is 5.56 Å². The molecule has 3 heterocycles. The second kappa shape index (κ2) is 7.41. The summed E-state index contributed by atoms with van der Waals surface area (Å²) < 4.78 is 2.24. The van der Waals surface area contributed by atoms with Crippen LogP contribution in [-0.2, 0) is 6.42 Å². The highest BCUT2D eigenvalue weighted by Crippen LogP contribution is 2.45. The monoisotopic (exact) mass is 498 g/mol. The van der Waals surface area contributed by atoms with E-state index in [-0.39, 0.29) is 44.2 Å². The lowest BCUT2D eigenvalue weighted by Crippen LogP contribution is -2.26. The first-order valence-electron chi connectivity index (χ1n) is 10.6. The number of nitrogens with zero attached hydrogens (tertiary/aromatic N) is 4. The van der Waals surface area contributed by atoms with Gasteiger partial charge in [-0.2, -0.15) is 15.8 Å². The molecule has 3 aromatic heterocycles. The Balaban J connectivity index is 1.95. The fraction of sp³-hybridized carbons (Fsp3) is 0.240. The number of ketones is 1. The molecular formula is C25H18N6O2S2. The summed E-state index contributed by atoms with van der Waals surface area (Å²) in [5, 5.41) is 30.5. The third kappa shape index (κ3) is 2.99. The number of nitrogens with two attached hydrogens (primary N) is 2. The standard InChI is InChI=1S/C25H18N6O2S2/c1-10-13(7-26)16(29)4-11-18-21(34-19(10)11)15(9-28)22(30)31(23(18)33)24-14(8-27)12-5-25(2,3)6-17(32)20(12)35-24/h4H,5-6,29-30H2,1-3H3. The van der Waals surface area contributed by atoms with E-state index in [1.807, 2.05) is 13.8 Å². The van der Waals surface area contributed by atoms with E-state index >= 15 is 0 Å². The van der Waals surface area contributed by atoms with E-state index in [0.29, 0.717) is 49.2 Å². The first-order valence-corrected chi connectivity index (χ1v) is 12.3. The minimum Gasteiger partial charge on any atom is -0.398 e.